The van der Waals surface area contributed by atoms with E-state index < -0.39 is 5.97 Å². The number of carboxylic acids is 1. The normalized spacial score (nSPS) is 10.6. The third-order valence-corrected chi connectivity index (χ3v) is 3.08. The molecule has 18 heavy (non-hydrogen) atoms. The van der Waals surface area contributed by atoms with Crippen LogP contribution in [0.2, 0.25) is 5.15 Å². The van der Waals surface area contributed by atoms with Gasteiger partial charge in [-0.25, -0.2) is 4.98 Å². The highest BCUT2D eigenvalue weighted by atomic mass is 35.5. The van der Waals surface area contributed by atoms with Crippen molar-refractivity contribution in [3.8, 4) is 11.4 Å². The lowest BCUT2D eigenvalue weighted by Crippen LogP contribution is -1.98. The lowest BCUT2D eigenvalue weighted by molar-refractivity contribution is -0.136. The fraction of sp³-hybridized carbons (Fsp3) is 0.250. The maximum absolute atomic E-state index is 10.6. The summed E-state index contributed by atoms with van der Waals surface area (Å²) in [6.45, 7) is 0. The van der Waals surface area contributed by atoms with Crippen LogP contribution in [0.4, 0.5) is 0 Å². The zero-order valence-electron chi connectivity index (χ0n) is 9.80. The highest BCUT2D eigenvalue weighted by molar-refractivity contribution is 6.30. The van der Waals surface area contributed by atoms with Crippen LogP contribution in [0.3, 0.4) is 0 Å². The quantitative estimate of drug-likeness (QED) is 0.920. The highest BCUT2D eigenvalue weighted by Gasteiger charge is 2.14. The topological polar surface area (TPSA) is 68.0 Å². The Hall–Kier alpha value is -1.88. The average Bonchev–Trinajstić information content (AvgIpc) is 2.65. The van der Waals surface area contributed by atoms with Crippen LogP contribution >= 0.6 is 11.6 Å². The summed E-state index contributed by atoms with van der Waals surface area (Å²) in [5.41, 5.74) is 1.50. The van der Waals surface area contributed by atoms with Gasteiger partial charge in [0.1, 0.15) is 11.0 Å². The van der Waals surface area contributed by atoms with Crippen LogP contribution in [0, 0.1) is 0 Å². The molecule has 0 saturated heterocycles. The highest BCUT2D eigenvalue weighted by Crippen LogP contribution is 2.25. The van der Waals surface area contributed by atoms with Crippen molar-refractivity contribution < 1.29 is 9.90 Å². The Morgan fingerprint density at radius 1 is 1.44 bits per heavy atom. The minimum absolute atomic E-state index is 0.0204. The molecule has 5 nitrogen and oxygen atoms in total. The Morgan fingerprint density at radius 2 is 2.11 bits per heavy atom. The number of aryl methyl sites for hydroxylation is 1. The molecule has 0 aliphatic rings. The molecule has 0 aromatic carbocycles. The molecule has 0 radical (unpaired) electrons. The smallest absolute Gasteiger partial charge is 0.303 e. The van der Waals surface area contributed by atoms with E-state index >= 15 is 0 Å². The van der Waals surface area contributed by atoms with Gasteiger partial charge >= 0.3 is 5.97 Å². The molecule has 1 N–H and O–H groups in total. The van der Waals surface area contributed by atoms with Crippen molar-refractivity contribution in [2.24, 2.45) is 7.05 Å². The van der Waals surface area contributed by atoms with Crippen LogP contribution in [-0.4, -0.2) is 25.6 Å². The van der Waals surface area contributed by atoms with Crippen LogP contribution in [0.15, 0.2) is 24.5 Å². The molecule has 0 aliphatic heterocycles. The number of hydrogen-bond acceptors (Lipinski definition) is 3. The van der Waals surface area contributed by atoms with Crippen molar-refractivity contribution in [3.05, 3.63) is 35.4 Å². The van der Waals surface area contributed by atoms with Gasteiger partial charge in [-0.3, -0.25) is 9.78 Å². The first-order valence-electron chi connectivity index (χ1n) is 5.43. The summed E-state index contributed by atoms with van der Waals surface area (Å²) >= 11 is 6.14. The van der Waals surface area contributed by atoms with Gasteiger partial charge < -0.3 is 9.67 Å². The van der Waals surface area contributed by atoms with Crippen molar-refractivity contribution in [1.82, 2.24) is 14.5 Å². The third kappa shape index (κ3) is 2.51. The van der Waals surface area contributed by atoms with Crippen molar-refractivity contribution >= 4 is 17.6 Å². The number of hydrogen-bond donors (Lipinski definition) is 1. The van der Waals surface area contributed by atoms with E-state index in [0.29, 0.717) is 23.1 Å². The minimum atomic E-state index is -0.859. The number of carboxylic acid groups (broad SMARTS) is 1. The van der Waals surface area contributed by atoms with Gasteiger partial charge in [-0.1, -0.05) is 11.6 Å². The van der Waals surface area contributed by atoms with Gasteiger partial charge in [0.25, 0.3) is 0 Å². The Kier molecular flexibility index (Phi) is 3.62. The lowest BCUT2D eigenvalue weighted by atomic mass is 10.2. The van der Waals surface area contributed by atoms with Gasteiger partial charge in [-0.2, -0.15) is 0 Å². The molecule has 6 heteroatoms. The SMILES string of the molecule is Cn1c(-c2ccncc2)nc(CCC(=O)O)c1Cl. The number of imidazole rings is 1. The van der Waals surface area contributed by atoms with Gasteiger partial charge in [-0.05, 0) is 12.1 Å². The van der Waals surface area contributed by atoms with Gasteiger partial charge in [0.2, 0.25) is 0 Å². The first-order valence-corrected chi connectivity index (χ1v) is 5.80. The maximum atomic E-state index is 10.6. The Balaban J connectivity index is 2.33. The largest absolute Gasteiger partial charge is 0.481 e. The third-order valence-electron chi connectivity index (χ3n) is 2.61. The number of aliphatic carboxylic acids is 1. The van der Waals surface area contributed by atoms with E-state index in [2.05, 4.69) is 9.97 Å². The Bertz CT molecular complexity index is 566. The summed E-state index contributed by atoms with van der Waals surface area (Å²) in [6, 6.07) is 3.67. The lowest BCUT2D eigenvalue weighted by Gasteiger charge is -2.00. The number of aromatic nitrogens is 3. The second-order valence-corrected chi connectivity index (χ2v) is 4.22. The summed E-state index contributed by atoms with van der Waals surface area (Å²) in [5.74, 6) is -0.148. The molecule has 0 amide bonds. The van der Waals surface area contributed by atoms with E-state index in [1.165, 1.54) is 0 Å². The number of pyridine rings is 1. The van der Waals surface area contributed by atoms with Crippen LogP contribution in [0.25, 0.3) is 11.4 Å². The summed E-state index contributed by atoms with van der Waals surface area (Å²) in [5, 5.41) is 9.15. The second-order valence-electron chi connectivity index (χ2n) is 3.86. The molecule has 2 rings (SSSR count). The van der Waals surface area contributed by atoms with Crippen molar-refractivity contribution in [1.29, 1.82) is 0 Å². The van der Waals surface area contributed by atoms with Gasteiger partial charge in [-0.15, -0.1) is 0 Å². The van der Waals surface area contributed by atoms with Gasteiger partial charge in [0.15, 0.2) is 0 Å². The zero-order valence-corrected chi connectivity index (χ0v) is 10.6. The van der Waals surface area contributed by atoms with E-state index in [1.54, 1.807) is 24.0 Å². The fourth-order valence-electron chi connectivity index (χ4n) is 1.68. The van der Waals surface area contributed by atoms with Crippen LogP contribution in [-0.2, 0) is 18.3 Å². The summed E-state index contributed by atoms with van der Waals surface area (Å²) in [6.07, 6.45) is 3.70. The standard InChI is InChI=1S/C12H12ClN3O2/c1-16-11(13)9(2-3-10(17)18)15-12(16)8-4-6-14-7-5-8/h4-7H,2-3H2,1H3,(H,17,18). The molecule has 0 fully saturated rings. The molecule has 0 spiro atoms. The molecule has 2 aromatic heterocycles. The molecular weight excluding hydrogens is 254 g/mol. The molecular formula is C12H12ClN3O2. The van der Waals surface area contributed by atoms with Gasteiger partial charge in [0.05, 0.1) is 12.1 Å². The average molecular weight is 266 g/mol. The number of halogens is 1. The van der Waals surface area contributed by atoms with Gasteiger partial charge in [0, 0.05) is 31.4 Å². The maximum Gasteiger partial charge on any atom is 0.303 e. The first-order chi connectivity index (χ1) is 8.59. The Labute approximate surface area is 109 Å². The van der Waals surface area contributed by atoms with E-state index in [4.69, 9.17) is 16.7 Å². The molecule has 0 unspecified atom stereocenters. The molecule has 94 valence electrons. The van der Waals surface area contributed by atoms with Crippen molar-refractivity contribution in [2.45, 2.75) is 12.8 Å². The molecule has 0 aliphatic carbocycles. The van der Waals surface area contributed by atoms with E-state index in [9.17, 15) is 4.79 Å². The van der Waals surface area contributed by atoms with Crippen LogP contribution in [0.5, 0.6) is 0 Å². The van der Waals surface area contributed by atoms with Crippen LogP contribution in [0.1, 0.15) is 12.1 Å². The molecule has 2 aromatic rings. The second kappa shape index (κ2) is 5.18. The summed E-state index contributed by atoms with van der Waals surface area (Å²) in [7, 11) is 1.80. The summed E-state index contributed by atoms with van der Waals surface area (Å²) < 4.78 is 1.74. The fourth-order valence-corrected chi connectivity index (χ4v) is 1.90. The predicted octanol–water partition coefficient (Wildman–Crippen LogP) is 2.15. The number of carbonyl (C=O) groups is 1. The molecule has 2 heterocycles. The monoisotopic (exact) mass is 265 g/mol. The molecule has 0 saturated carbocycles. The summed E-state index contributed by atoms with van der Waals surface area (Å²) in [4.78, 5) is 18.9. The van der Waals surface area contributed by atoms with Crippen molar-refractivity contribution in [2.75, 3.05) is 0 Å². The number of nitrogens with zero attached hydrogens (tertiary/aromatic N) is 3. The van der Waals surface area contributed by atoms with Crippen LogP contribution < -0.4 is 0 Å². The van der Waals surface area contributed by atoms with Crippen molar-refractivity contribution in [3.63, 3.8) is 0 Å². The zero-order chi connectivity index (χ0) is 13.1. The molecule has 0 atom stereocenters. The Morgan fingerprint density at radius 3 is 2.72 bits per heavy atom. The minimum Gasteiger partial charge on any atom is -0.481 e. The molecule has 0 bridgehead atoms. The number of rotatable bonds is 4. The van der Waals surface area contributed by atoms with E-state index in [-0.39, 0.29) is 6.42 Å². The van der Waals surface area contributed by atoms with E-state index in [1.807, 2.05) is 12.1 Å². The first kappa shape index (κ1) is 12.6. The predicted molar refractivity (Wildman–Crippen MR) is 67.4 cm³/mol. The van der Waals surface area contributed by atoms with E-state index in [0.717, 1.165) is 5.56 Å².